The lowest BCUT2D eigenvalue weighted by atomic mass is 9.62. The number of nitrogen functional groups attached to an aromatic ring is 1. The Bertz CT molecular complexity index is 986. The summed E-state index contributed by atoms with van der Waals surface area (Å²) in [6, 6.07) is 0.544. The molecule has 174 valence electrons. The second-order valence-corrected chi connectivity index (χ2v) is 8.20. The topological polar surface area (TPSA) is 107 Å². The second-order valence-electron chi connectivity index (χ2n) is 8.20. The van der Waals surface area contributed by atoms with Gasteiger partial charge in [0, 0.05) is 0 Å². The van der Waals surface area contributed by atoms with Crippen LogP contribution in [0.4, 0.5) is 32.0 Å². The van der Waals surface area contributed by atoms with Crippen molar-refractivity contribution >= 4 is 21.4 Å². The number of nitrogens with zero attached hydrogens (tertiary/aromatic N) is 3. The number of fused-ring (bicyclic) bond motifs is 5. The fourth-order valence-electron chi connectivity index (χ4n) is 3.55. The summed E-state index contributed by atoms with van der Waals surface area (Å²) in [6.45, 7) is 1.53. The van der Waals surface area contributed by atoms with Gasteiger partial charge in [0.2, 0.25) is 11.5 Å². The van der Waals surface area contributed by atoms with Crippen LogP contribution in [0.2, 0.25) is 11.6 Å². The molecule has 0 aromatic carbocycles. The van der Waals surface area contributed by atoms with E-state index in [4.69, 9.17) is 14.9 Å². The van der Waals surface area contributed by atoms with Crippen molar-refractivity contribution in [3.05, 3.63) is 17.5 Å². The van der Waals surface area contributed by atoms with E-state index in [1.165, 1.54) is 6.92 Å². The van der Waals surface area contributed by atoms with Gasteiger partial charge in [-0.1, -0.05) is 18.1 Å². The standard InChI is InChI=1S/C17H20B2F6N4O3/c1-6-4-9(19)8(18)2-3-15(30,17(23,24)25)14-29-28-13(32-14)11-10(26)5-7(16(20,21)22)12(27-11)31-6/h5-6,8-9,30H,2-4,18-19,26H2,1H3/t6-,8?,9?,15-/m1/s1. The van der Waals surface area contributed by atoms with Gasteiger partial charge < -0.3 is 20.0 Å². The van der Waals surface area contributed by atoms with Crippen molar-refractivity contribution in [3.8, 4) is 17.5 Å². The molecule has 3 heterocycles. The summed E-state index contributed by atoms with van der Waals surface area (Å²) in [5, 5.41) is 17.2. The molecule has 0 fully saturated rings. The van der Waals surface area contributed by atoms with E-state index in [1.807, 2.05) is 0 Å². The van der Waals surface area contributed by atoms with Crippen molar-refractivity contribution in [3.63, 3.8) is 0 Å². The minimum atomic E-state index is -5.14. The molecule has 1 aliphatic rings. The zero-order valence-electron chi connectivity index (χ0n) is 17.4. The van der Waals surface area contributed by atoms with Crippen molar-refractivity contribution in [2.45, 2.75) is 61.9 Å². The van der Waals surface area contributed by atoms with E-state index >= 15 is 0 Å². The highest BCUT2D eigenvalue weighted by molar-refractivity contribution is 6.21. The highest BCUT2D eigenvalue weighted by Gasteiger charge is 2.58. The third-order valence-electron chi connectivity index (χ3n) is 5.72. The van der Waals surface area contributed by atoms with Crippen molar-refractivity contribution in [2.24, 2.45) is 0 Å². The van der Waals surface area contributed by atoms with Gasteiger partial charge in [-0.25, -0.2) is 4.98 Å². The van der Waals surface area contributed by atoms with E-state index in [2.05, 4.69) is 15.2 Å². The molecule has 32 heavy (non-hydrogen) atoms. The van der Waals surface area contributed by atoms with Gasteiger partial charge in [-0.2, -0.15) is 26.3 Å². The molecule has 3 rings (SSSR count). The number of pyridine rings is 1. The SMILES string of the molecule is BC1CC[C@](O)(C(F)(F)F)c2nnc(o2)-c2nc(c(C(F)(F)F)cc2N)O[C@H](C)CC1B. The first-order valence-electron chi connectivity index (χ1n) is 9.81. The molecule has 2 aromatic rings. The van der Waals surface area contributed by atoms with E-state index in [0.717, 1.165) is 0 Å². The van der Waals surface area contributed by atoms with Crippen LogP contribution >= 0.6 is 0 Å². The zero-order chi connectivity index (χ0) is 24.1. The van der Waals surface area contributed by atoms with Crippen LogP contribution in [-0.4, -0.2) is 48.3 Å². The number of aliphatic hydroxyl groups is 1. The molecule has 4 atom stereocenters. The number of nitrogens with two attached hydrogens (primary N) is 1. The summed E-state index contributed by atoms with van der Waals surface area (Å²) in [5.41, 5.74) is -0.0645. The lowest BCUT2D eigenvalue weighted by molar-refractivity contribution is -0.277. The summed E-state index contributed by atoms with van der Waals surface area (Å²) < 4.78 is 92.4. The molecule has 0 amide bonds. The van der Waals surface area contributed by atoms with Crippen LogP contribution in [0.15, 0.2) is 10.5 Å². The van der Waals surface area contributed by atoms with E-state index in [9.17, 15) is 31.4 Å². The van der Waals surface area contributed by atoms with Gasteiger partial charge in [-0.3, -0.25) is 0 Å². The number of ether oxygens (including phenoxy) is 1. The number of hydrogen-bond acceptors (Lipinski definition) is 7. The van der Waals surface area contributed by atoms with Crippen molar-refractivity contribution in [2.75, 3.05) is 5.73 Å². The van der Waals surface area contributed by atoms with Gasteiger partial charge in [-0.15, -0.1) is 10.2 Å². The number of alkyl halides is 6. The Hall–Kier alpha value is -2.44. The maximum atomic E-state index is 13.8. The minimum Gasteiger partial charge on any atom is -0.474 e. The third kappa shape index (κ3) is 4.52. The Labute approximate surface area is 180 Å². The first kappa shape index (κ1) is 24.2. The van der Waals surface area contributed by atoms with Crippen LogP contribution in [0, 0.1) is 0 Å². The van der Waals surface area contributed by atoms with E-state index < -0.39 is 65.1 Å². The molecular weight excluding hydrogens is 444 g/mol. The molecule has 0 aliphatic carbocycles. The molecule has 0 spiro atoms. The fourth-order valence-corrected chi connectivity index (χ4v) is 3.55. The molecule has 3 N–H and O–H groups in total. The molecule has 0 radical (unpaired) electrons. The minimum absolute atomic E-state index is 0.0684. The quantitative estimate of drug-likeness (QED) is 0.455. The molecule has 15 heteroatoms. The van der Waals surface area contributed by atoms with Crippen LogP contribution in [-0.2, 0) is 11.8 Å². The summed E-state index contributed by atoms with van der Waals surface area (Å²) in [6.07, 6.45) is -11.3. The van der Waals surface area contributed by atoms with Gasteiger partial charge in [0.15, 0.2) is 5.69 Å². The Morgan fingerprint density at radius 1 is 1.16 bits per heavy atom. The Morgan fingerprint density at radius 2 is 1.81 bits per heavy atom. The highest BCUT2D eigenvalue weighted by Crippen LogP contribution is 2.46. The molecule has 7 nitrogen and oxygen atoms in total. The van der Waals surface area contributed by atoms with Crippen molar-refractivity contribution in [1.29, 1.82) is 0 Å². The Morgan fingerprint density at radius 3 is 2.41 bits per heavy atom. The van der Waals surface area contributed by atoms with Crippen LogP contribution in [0.5, 0.6) is 5.88 Å². The van der Waals surface area contributed by atoms with Gasteiger partial charge >= 0.3 is 12.4 Å². The fraction of sp³-hybridized carbons (Fsp3) is 0.588. The molecule has 0 saturated carbocycles. The monoisotopic (exact) mass is 464 g/mol. The van der Waals surface area contributed by atoms with E-state index in [1.54, 1.807) is 15.7 Å². The lowest BCUT2D eigenvalue weighted by Crippen LogP contribution is -2.43. The highest BCUT2D eigenvalue weighted by atomic mass is 19.4. The van der Waals surface area contributed by atoms with Crippen LogP contribution in [0.25, 0.3) is 11.6 Å². The van der Waals surface area contributed by atoms with Gasteiger partial charge in [-0.05, 0) is 25.8 Å². The summed E-state index contributed by atoms with van der Waals surface area (Å²) >= 11 is 0. The van der Waals surface area contributed by atoms with E-state index in [0.29, 0.717) is 6.07 Å². The zero-order valence-corrected chi connectivity index (χ0v) is 17.4. The van der Waals surface area contributed by atoms with E-state index in [-0.39, 0.29) is 24.5 Å². The van der Waals surface area contributed by atoms with Gasteiger partial charge in [0.25, 0.3) is 11.8 Å². The number of aromatic nitrogens is 3. The molecule has 4 bridgehead atoms. The van der Waals surface area contributed by atoms with Crippen molar-refractivity contribution < 1.29 is 40.6 Å². The predicted molar refractivity (Wildman–Crippen MR) is 105 cm³/mol. The number of anilines is 1. The molecule has 2 unspecified atom stereocenters. The van der Waals surface area contributed by atoms with Crippen LogP contribution in [0.3, 0.4) is 0 Å². The lowest BCUT2D eigenvalue weighted by Gasteiger charge is -2.30. The maximum Gasteiger partial charge on any atom is 0.426 e. The smallest absolute Gasteiger partial charge is 0.426 e. The van der Waals surface area contributed by atoms with Crippen molar-refractivity contribution in [1.82, 2.24) is 15.2 Å². The predicted octanol–water partition coefficient (Wildman–Crippen LogP) is 2.28. The largest absolute Gasteiger partial charge is 0.474 e. The van der Waals surface area contributed by atoms with Gasteiger partial charge in [0.1, 0.15) is 21.3 Å². The summed E-state index contributed by atoms with van der Waals surface area (Å²) in [5.74, 6) is -3.21. The maximum absolute atomic E-state index is 13.8. The molecule has 1 aliphatic heterocycles. The number of hydrogen-bond donors (Lipinski definition) is 2. The summed E-state index contributed by atoms with van der Waals surface area (Å²) in [4.78, 5) is 3.75. The number of rotatable bonds is 0. The molecular formula is C17H20B2F6N4O3. The molecule has 0 saturated heterocycles. The normalized spacial score (nSPS) is 27.4. The van der Waals surface area contributed by atoms with Crippen LogP contribution < -0.4 is 10.5 Å². The first-order chi connectivity index (χ1) is 14.6. The third-order valence-corrected chi connectivity index (χ3v) is 5.72. The Balaban J connectivity index is 2.21. The first-order valence-corrected chi connectivity index (χ1v) is 9.81. The number of halogens is 6. The summed E-state index contributed by atoms with van der Waals surface area (Å²) in [7, 11) is 3.42. The van der Waals surface area contributed by atoms with Gasteiger partial charge in [0.05, 0.1) is 11.8 Å². The van der Waals surface area contributed by atoms with Crippen LogP contribution in [0.1, 0.15) is 37.6 Å². The average Bonchev–Trinajstić information content (AvgIpc) is 3.14. The second kappa shape index (κ2) is 8.16. The Kier molecular flexibility index (Phi) is 6.17. The average molecular weight is 464 g/mol. The molecule has 2 aromatic heterocycles.